The fourth-order valence-corrected chi connectivity index (χ4v) is 1.70. The summed E-state index contributed by atoms with van der Waals surface area (Å²) in [6, 6.07) is 3.46. The van der Waals surface area contributed by atoms with Gasteiger partial charge in [-0.15, -0.1) is 0 Å². The van der Waals surface area contributed by atoms with Crippen LogP contribution in [0.2, 0.25) is 0 Å². The fourth-order valence-electron chi connectivity index (χ4n) is 1.70. The molecular formula is C11H13FN2O3. The molecule has 1 amide bonds. The summed E-state index contributed by atoms with van der Waals surface area (Å²) in [4.78, 5) is 21.2. The molecule has 92 valence electrons. The summed E-state index contributed by atoms with van der Waals surface area (Å²) in [6.45, 7) is 2.73. The van der Waals surface area contributed by atoms with Crippen molar-refractivity contribution in [2.45, 2.75) is 19.3 Å². The Hall–Kier alpha value is -1.98. The van der Waals surface area contributed by atoms with Gasteiger partial charge in [0, 0.05) is 10.5 Å². The van der Waals surface area contributed by atoms with Gasteiger partial charge in [-0.1, -0.05) is 0 Å². The van der Waals surface area contributed by atoms with Crippen molar-refractivity contribution in [1.82, 2.24) is 0 Å². The van der Waals surface area contributed by atoms with E-state index in [0.717, 1.165) is 12.1 Å². The van der Waals surface area contributed by atoms with Gasteiger partial charge in [0.2, 0.25) is 12.5 Å². The number of nitro groups is 1. The van der Waals surface area contributed by atoms with E-state index in [1.165, 1.54) is 6.07 Å². The molecule has 0 aromatic heterocycles. The highest BCUT2D eigenvalue weighted by Crippen LogP contribution is 2.27. The lowest BCUT2D eigenvalue weighted by molar-refractivity contribution is -0.489. The Kier molecular flexibility index (Phi) is 3.45. The molecule has 5 nitrogen and oxygen atoms in total. The molecule has 0 unspecified atom stereocenters. The average Bonchev–Trinajstić information content (AvgIpc) is 2.14. The molecule has 1 aromatic rings. The minimum Gasteiger partial charge on any atom is -0.366 e. The van der Waals surface area contributed by atoms with E-state index in [0.29, 0.717) is 0 Å². The van der Waals surface area contributed by atoms with Crippen LogP contribution >= 0.6 is 0 Å². The minimum absolute atomic E-state index is 0.109. The number of carbonyl (C=O) groups is 1. The molecule has 0 spiro atoms. The molecule has 0 bridgehead atoms. The van der Waals surface area contributed by atoms with Crippen LogP contribution in [-0.4, -0.2) is 17.4 Å². The number of benzene rings is 1. The molecule has 1 rings (SSSR count). The minimum atomic E-state index is -0.962. The zero-order chi connectivity index (χ0) is 13.2. The van der Waals surface area contributed by atoms with Crippen molar-refractivity contribution < 1.29 is 14.1 Å². The molecule has 0 saturated heterocycles. The molecule has 2 N–H and O–H groups in total. The van der Waals surface area contributed by atoms with Gasteiger partial charge in [0.05, 0.1) is 5.41 Å². The number of hydrogen-bond donors (Lipinski definition) is 1. The maximum Gasteiger partial charge on any atom is 0.249 e. The first-order valence-electron chi connectivity index (χ1n) is 4.95. The van der Waals surface area contributed by atoms with Crippen molar-refractivity contribution in [3.63, 3.8) is 0 Å². The molecule has 0 aliphatic carbocycles. The number of rotatable bonds is 4. The number of nitrogens with zero attached hydrogens (tertiary/aromatic N) is 1. The monoisotopic (exact) mass is 240 g/mol. The van der Waals surface area contributed by atoms with Gasteiger partial charge < -0.3 is 5.73 Å². The lowest BCUT2D eigenvalue weighted by Gasteiger charge is -2.22. The number of nitrogens with two attached hydrogens (primary N) is 1. The highest BCUT2D eigenvalue weighted by Gasteiger charge is 2.31. The molecule has 0 aliphatic heterocycles. The second-order valence-electron chi connectivity index (χ2n) is 4.43. The SMILES string of the molecule is CC(C)(C[N+](=O)[O-])c1cc(F)ccc1C(N)=O. The summed E-state index contributed by atoms with van der Waals surface area (Å²) in [5, 5.41) is 10.5. The molecule has 0 fully saturated rings. The van der Waals surface area contributed by atoms with Gasteiger partial charge in [-0.2, -0.15) is 0 Å². The van der Waals surface area contributed by atoms with Gasteiger partial charge in [-0.3, -0.25) is 14.9 Å². The molecule has 0 radical (unpaired) electrons. The van der Waals surface area contributed by atoms with Gasteiger partial charge in [0.25, 0.3) is 0 Å². The van der Waals surface area contributed by atoms with E-state index in [1.54, 1.807) is 13.8 Å². The van der Waals surface area contributed by atoms with E-state index in [9.17, 15) is 19.3 Å². The number of amides is 1. The average molecular weight is 240 g/mol. The summed E-state index contributed by atoms with van der Waals surface area (Å²) in [5.41, 5.74) is 4.56. The zero-order valence-corrected chi connectivity index (χ0v) is 9.57. The Morgan fingerprint density at radius 1 is 1.53 bits per heavy atom. The van der Waals surface area contributed by atoms with Crippen LogP contribution in [-0.2, 0) is 5.41 Å². The van der Waals surface area contributed by atoms with Crippen LogP contribution < -0.4 is 5.73 Å². The molecule has 0 heterocycles. The van der Waals surface area contributed by atoms with Crippen molar-refractivity contribution in [3.8, 4) is 0 Å². The number of primary amides is 1. The van der Waals surface area contributed by atoms with Crippen LogP contribution in [0.4, 0.5) is 4.39 Å². The second kappa shape index (κ2) is 4.48. The number of halogens is 1. The first-order valence-corrected chi connectivity index (χ1v) is 4.95. The molecule has 0 aliphatic rings. The Bertz CT molecular complexity index is 472. The highest BCUT2D eigenvalue weighted by molar-refractivity contribution is 5.94. The third-order valence-corrected chi connectivity index (χ3v) is 2.50. The third kappa shape index (κ3) is 2.99. The Balaban J connectivity index is 3.32. The molecule has 17 heavy (non-hydrogen) atoms. The maximum absolute atomic E-state index is 13.2. The Morgan fingerprint density at radius 2 is 2.12 bits per heavy atom. The Morgan fingerprint density at radius 3 is 2.59 bits per heavy atom. The van der Waals surface area contributed by atoms with Crippen LogP contribution in [0.5, 0.6) is 0 Å². The number of hydrogen-bond acceptors (Lipinski definition) is 3. The summed E-state index contributed by atoms with van der Waals surface area (Å²) >= 11 is 0. The van der Waals surface area contributed by atoms with Crippen LogP contribution in [0.3, 0.4) is 0 Å². The standard InChI is InChI=1S/C11H13FN2O3/c1-11(2,6-14(16)17)9-5-7(12)3-4-8(9)10(13)15/h3-5H,6H2,1-2H3,(H2,13,15). The summed E-state index contributed by atoms with van der Waals surface area (Å²) in [5.74, 6) is -1.28. The third-order valence-electron chi connectivity index (χ3n) is 2.50. The van der Waals surface area contributed by atoms with E-state index >= 15 is 0 Å². The Labute approximate surface area is 97.6 Å². The fraction of sp³-hybridized carbons (Fsp3) is 0.364. The lowest BCUT2D eigenvalue weighted by Crippen LogP contribution is -2.31. The van der Waals surface area contributed by atoms with Gasteiger partial charge >= 0.3 is 0 Å². The summed E-state index contributed by atoms with van der Waals surface area (Å²) < 4.78 is 13.2. The molecule has 0 saturated carbocycles. The molecule has 6 heteroatoms. The van der Waals surface area contributed by atoms with E-state index in [-0.39, 0.29) is 11.1 Å². The lowest BCUT2D eigenvalue weighted by atomic mass is 9.81. The zero-order valence-electron chi connectivity index (χ0n) is 9.57. The van der Waals surface area contributed by atoms with E-state index < -0.39 is 28.6 Å². The first-order chi connectivity index (χ1) is 7.74. The van der Waals surface area contributed by atoms with Gasteiger partial charge in [-0.25, -0.2) is 4.39 Å². The van der Waals surface area contributed by atoms with Crippen molar-refractivity contribution >= 4 is 5.91 Å². The molecule has 1 aromatic carbocycles. The maximum atomic E-state index is 13.2. The smallest absolute Gasteiger partial charge is 0.249 e. The van der Waals surface area contributed by atoms with Crippen LogP contribution in [0.25, 0.3) is 0 Å². The normalized spacial score (nSPS) is 11.2. The first kappa shape index (κ1) is 13.1. The largest absolute Gasteiger partial charge is 0.366 e. The van der Waals surface area contributed by atoms with Crippen molar-refractivity contribution in [2.24, 2.45) is 5.73 Å². The van der Waals surface area contributed by atoms with Gasteiger partial charge in [0.15, 0.2) is 0 Å². The summed E-state index contributed by atoms with van der Waals surface area (Å²) in [6.07, 6.45) is 0. The molecular weight excluding hydrogens is 227 g/mol. The van der Waals surface area contributed by atoms with E-state index in [1.807, 2.05) is 0 Å². The van der Waals surface area contributed by atoms with Crippen molar-refractivity contribution in [2.75, 3.05) is 6.54 Å². The van der Waals surface area contributed by atoms with Crippen LogP contribution in [0, 0.1) is 15.9 Å². The summed E-state index contributed by atoms with van der Waals surface area (Å²) in [7, 11) is 0. The predicted molar refractivity (Wildman–Crippen MR) is 59.8 cm³/mol. The quantitative estimate of drug-likeness (QED) is 0.638. The second-order valence-corrected chi connectivity index (χ2v) is 4.43. The van der Waals surface area contributed by atoms with Crippen molar-refractivity contribution in [1.29, 1.82) is 0 Å². The molecule has 0 atom stereocenters. The number of carbonyl (C=O) groups excluding carboxylic acids is 1. The van der Waals surface area contributed by atoms with E-state index in [4.69, 9.17) is 5.73 Å². The van der Waals surface area contributed by atoms with Crippen molar-refractivity contribution in [3.05, 3.63) is 45.3 Å². The topological polar surface area (TPSA) is 86.2 Å². The van der Waals surface area contributed by atoms with Gasteiger partial charge in [-0.05, 0) is 37.6 Å². The van der Waals surface area contributed by atoms with Crippen LogP contribution in [0.1, 0.15) is 29.8 Å². The highest BCUT2D eigenvalue weighted by atomic mass is 19.1. The van der Waals surface area contributed by atoms with Gasteiger partial charge in [0.1, 0.15) is 5.82 Å². The van der Waals surface area contributed by atoms with Crippen LogP contribution in [0.15, 0.2) is 18.2 Å². The van der Waals surface area contributed by atoms with E-state index in [2.05, 4.69) is 0 Å². The predicted octanol–water partition coefficient (Wildman–Crippen LogP) is 1.48.